The third-order valence-corrected chi connectivity index (χ3v) is 2.79. The van der Waals surface area contributed by atoms with E-state index in [4.69, 9.17) is 10.9 Å². The fraction of sp³-hybridized carbons (Fsp3) is 0.364. The summed E-state index contributed by atoms with van der Waals surface area (Å²) < 4.78 is 13.1. The number of halogens is 1. The first-order valence-electron chi connectivity index (χ1n) is 5.25. The number of hydrogen-bond donors (Lipinski definition) is 2. The number of hydrogen-bond acceptors (Lipinski definition) is 3. The lowest BCUT2D eigenvalue weighted by molar-refractivity contribution is 0.318. The van der Waals surface area contributed by atoms with Crippen LogP contribution in [0.5, 0.6) is 0 Å². The molecule has 1 aromatic rings. The molecule has 2 rings (SSSR count). The van der Waals surface area contributed by atoms with Crippen molar-refractivity contribution in [2.24, 2.45) is 10.9 Å². The molecule has 1 heterocycles. The van der Waals surface area contributed by atoms with Gasteiger partial charge in [-0.2, -0.15) is 0 Å². The first kappa shape index (κ1) is 10.7. The quantitative estimate of drug-likeness (QED) is 0.346. The summed E-state index contributed by atoms with van der Waals surface area (Å²) >= 11 is 0. The van der Waals surface area contributed by atoms with E-state index in [1.54, 1.807) is 6.07 Å². The maximum atomic E-state index is 13.1. The molecule has 0 unspecified atom stereocenters. The van der Waals surface area contributed by atoms with E-state index in [2.05, 4.69) is 10.1 Å². The number of nitrogens with two attached hydrogens (primary N) is 1. The van der Waals surface area contributed by atoms with Crippen molar-refractivity contribution in [3.63, 3.8) is 0 Å². The van der Waals surface area contributed by atoms with Crippen molar-refractivity contribution < 1.29 is 9.60 Å². The Morgan fingerprint density at radius 2 is 2.06 bits per heavy atom. The van der Waals surface area contributed by atoms with Crippen LogP contribution in [0, 0.1) is 5.82 Å². The molecule has 0 atom stereocenters. The van der Waals surface area contributed by atoms with Gasteiger partial charge in [-0.25, -0.2) is 4.39 Å². The molecule has 0 spiro atoms. The van der Waals surface area contributed by atoms with E-state index in [0.717, 1.165) is 31.6 Å². The van der Waals surface area contributed by atoms with Crippen LogP contribution in [0.4, 0.5) is 10.1 Å². The largest absolute Gasteiger partial charge is 0.409 e. The van der Waals surface area contributed by atoms with Crippen molar-refractivity contribution in [3.05, 3.63) is 29.6 Å². The molecule has 1 aromatic carbocycles. The van der Waals surface area contributed by atoms with E-state index in [-0.39, 0.29) is 11.7 Å². The molecule has 0 aromatic heterocycles. The van der Waals surface area contributed by atoms with Crippen LogP contribution < -0.4 is 10.6 Å². The van der Waals surface area contributed by atoms with Gasteiger partial charge in [0.1, 0.15) is 5.82 Å². The average molecular weight is 223 g/mol. The van der Waals surface area contributed by atoms with Gasteiger partial charge in [-0.1, -0.05) is 5.16 Å². The summed E-state index contributed by atoms with van der Waals surface area (Å²) in [5, 5.41) is 11.6. The average Bonchev–Trinajstić information content (AvgIpc) is 2.81. The Bertz CT molecular complexity index is 414. The van der Waals surface area contributed by atoms with Crippen molar-refractivity contribution in [3.8, 4) is 0 Å². The lowest BCUT2D eigenvalue weighted by Crippen LogP contribution is -2.23. The van der Waals surface area contributed by atoms with E-state index in [1.165, 1.54) is 12.1 Å². The van der Waals surface area contributed by atoms with Crippen molar-refractivity contribution in [2.45, 2.75) is 12.8 Å². The van der Waals surface area contributed by atoms with E-state index in [9.17, 15) is 4.39 Å². The van der Waals surface area contributed by atoms with Crippen LogP contribution in [-0.4, -0.2) is 24.1 Å². The Hall–Kier alpha value is -1.78. The predicted molar refractivity (Wildman–Crippen MR) is 60.4 cm³/mol. The van der Waals surface area contributed by atoms with Crippen LogP contribution in [0.25, 0.3) is 0 Å². The fourth-order valence-corrected chi connectivity index (χ4v) is 2.00. The Labute approximate surface area is 93.2 Å². The van der Waals surface area contributed by atoms with Gasteiger partial charge in [0.2, 0.25) is 0 Å². The van der Waals surface area contributed by atoms with Crippen LogP contribution in [0.2, 0.25) is 0 Å². The zero-order valence-electron chi connectivity index (χ0n) is 8.86. The van der Waals surface area contributed by atoms with E-state index in [1.807, 2.05) is 0 Å². The molecule has 0 bridgehead atoms. The Balaban J connectivity index is 2.43. The maximum Gasteiger partial charge on any atom is 0.172 e. The molecule has 1 saturated heterocycles. The summed E-state index contributed by atoms with van der Waals surface area (Å²) in [7, 11) is 0. The molecular formula is C11H14FN3O. The molecule has 0 aliphatic carbocycles. The number of amidine groups is 1. The lowest BCUT2D eigenvalue weighted by Gasteiger charge is -2.20. The zero-order valence-corrected chi connectivity index (χ0v) is 8.86. The lowest BCUT2D eigenvalue weighted by atomic mass is 10.1. The highest BCUT2D eigenvalue weighted by atomic mass is 19.1. The zero-order chi connectivity index (χ0) is 11.5. The second-order valence-electron chi connectivity index (χ2n) is 3.84. The van der Waals surface area contributed by atoms with E-state index < -0.39 is 0 Å². The van der Waals surface area contributed by atoms with Gasteiger partial charge in [0.15, 0.2) is 5.84 Å². The van der Waals surface area contributed by atoms with Gasteiger partial charge in [0, 0.05) is 24.3 Å². The molecule has 4 nitrogen and oxygen atoms in total. The number of rotatable bonds is 2. The van der Waals surface area contributed by atoms with Crippen LogP contribution in [-0.2, 0) is 0 Å². The normalized spacial score (nSPS) is 16.8. The third-order valence-electron chi connectivity index (χ3n) is 2.79. The molecule has 0 saturated carbocycles. The Morgan fingerprint density at radius 1 is 1.38 bits per heavy atom. The molecular weight excluding hydrogens is 209 g/mol. The standard InChI is InChI=1S/C11H14FN3O/c12-8-3-4-10(15-5-1-2-6-15)9(7-8)11(13)14-16/h3-4,7,16H,1-2,5-6H2,(H2,13,14). The third kappa shape index (κ3) is 1.93. The van der Waals surface area contributed by atoms with Crippen molar-refractivity contribution in [1.82, 2.24) is 0 Å². The summed E-state index contributed by atoms with van der Waals surface area (Å²) in [6.07, 6.45) is 2.24. The summed E-state index contributed by atoms with van der Waals surface area (Å²) in [6.45, 7) is 1.86. The summed E-state index contributed by atoms with van der Waals surface area (Å²) in [5.74, 6) is -0.439. The number of nitrogens with zero attached hydrogens (tertiary/aromatic N) is 2. The van der Waals surface area contributed by atoms with Gasteiger partial charge >= 0.3 is 0 Å². The van der Waals surface area contributed by atoms with Gasteiger partial charge in [-0.15, -0.1) is 0 Å². The van der Waals surface area contributed by atoms with Crippen LogP contribution in [0.15, 0.2) is 23.4 Å². The summed E-state index contributed by atoms with van der Waals surface area (Å²) in [6, 6.07) is 4.36. The maximum absolute atomic E-state index is 13.1. The Kier molecular flexibility index (Phi) is 2.94. The van der Waals surface area contributed by atoms with Gasteiger partial charge in [0.25, 0.3) is 0 Å². The predicted octanol–water partition coefficient (Wildman–Crippen LogP) is 1.52. The Morgan fingerprint density at radius 3 is 2.69 bits per heavy atom. The molecule has 0 radical (unpaired) electrons. The molecule has 1 aliphatic rings. The van der Waals surface area contributed by atoms with Crippen molar-refractivity contribution in [1.29, 1.82) is 0 Å². The topological polar surface area (TPSA) is 61.9 Å². The minimum absolute atomic E-state index is 0.0543. The van der Waals surface area contributed by atoms with E-state index >= 15 is 0 Å². The smallest absolute Gasteiger partial charge is 0.172 e. The van der Waals surface area contributed by atoms with Crippen molar-refractivity contribution in [2.75, 3.05) is 18.0 Å². The second kappa shape index (κ2) is 4.38. The molecule has 3 N–H and O–H groups in total. The van der Waals surface area contributed by atoms with Crippen LogP contribution in [0.1, 0.15) is 18.4 Å². The summed E-state index contributed by atoms with van der Waals surface area (Å²) in [4.78, 5) is 2.12. The SMILES string of the molecule is NC(=NO)c1cc(F)ccc1N1CCCC1. The molecule has 1 aliphatic heterocycles. The molecule has 1 fully saturated rings. The minimum Gasteiger partial charge on any atom is -0.409 e. The van der Waals surface area contributed by atoms with Gasteiger partial charge in [-0.3, -0.25) is 0 Å². The number of benzene rings is 1. The first-order valence-corrected chi connectivity index (χ1v) is 5.25. The van der Waals surface area contributed by atoms with Crippen molar-refractivity contribution >= 4 is 11.5 Å². The number of anilines is 1. The van der Waals surface area contributed by atoms with Crippen LogP contribution in [0.3, 0.4) is 0 Å². The number of oxime groups is 1. The highest BCUT2D eigenvalue weighted by Gasteiger charge is 2.18. The fourth-order valence-electron chi connectivity index (χ4n) is 2.00. The van der Waals surface area contributed by atoms with Gasteiger partial charge < -0.3 is 15.8 Å². The molecule has 0 amide bonds. The monoisotopic (exact) mass is 223 g/mol. The molecule has 16 heavy (non-hydrogen) atoms. The highest BCUT2D eigenvalue weighted by molar-refractivity contribution is 6.02. The minimum atomic E-state index is -0.385. The second-order valence-corrected chi connectivity index (χ2v) is 3.84. The summed E-state index contributed by atoms with van der Waals surface area (Å²) in [5.41, 5.74) is 6.81. The van der Waals surface area contributed by atoms with Crippen LogP contribution >= 0.6 is 0 Å². The highest BCUT2D eigenvalue weighted by Crippen LogP contribution is 2.25. The van der Waals surface area contributed by atoms with Gasteiger partial charge in [0.05, 0.1) is 0 Å². The van der Waals surface area contributed by atoms with E-state index in [0.29, 0.717) is 5.56 Å². The molecule has 86 valence electrons. The van der Waals surface area contributed by atoms with Gasteiger partial charge in [-0.05, 0) is 31.0 Å². The molecule has 5 heteroatoms. The first-order chi connectivity index (χ1) is 7.72.